The summed E-state index contributed by atoms with van der Waals surface area (Å²) in [6.45, 7) is 0.845. The van der Waals surface area contributed by atoms with Crippen molar-refractivity contribution in [2.24, 2.45) is 5.73 Å². The van der Waals surface area contributed by atoms with Crippen molar-refractivity contribution in [3.05, 3.63) is 29.8 Å². The fourth-order valence-corrected chi connectivity index (χ4v) is 3.40. The van der Waals surface area contributed by atoms with E-state index in [0.29, 0.717) is 5.92 Å². The summed E-state index contributed by atoms with van der Waals surface area (Å²) < 4.78 is 5.71. The normalized spacial score (nSPS) is 26.3. The SMILES string of the molecule is NC1(CC2CCOc3ccccc32)CCCC1. The molecular formula is C15H21NO. The lowest BCUT2D eigenvalue weighted by Crippen LogP contribution is -2.38. The van der Waals surface area contributed by atoms with Crippen molar-refractivity contribution in [2.75, 3.05) is 6.61 Å². The first-order valence-corrected chi connectivity index (χ1v) is 6.77. The number of ether oxygens (including phenoxy) is 1. The standard InChI is InChI=1S/C15H21NO/c16-15(8-3-4-9-15)11-12-7-10-17-14-6-2-1-5-13(12)14/h1-2,5-6,12H,3-4,7-11,16H2. The van der Waals surface area contributed by atoms with Crippen LogP contribution < -0.4 is 10.5 Å². The van der Waals surface area contributed by atoms with Gasteiger partial charge < -0.3 is 10.5 Å². The second kappa shape index (κ2) is 4.34. The first kappa shape index (κ1) is 11.1. The predicted octanol–water partition coefficient (Wildman–Crippen LogP) is 3.21. The van der Waals surface area contributed by atoms with Crippen LogP contribution in [-0.4, -0.2) is 12.1 Å². The molecule has 2 nitrogen and oxygen atoms in total. The van der Waals surface area contributed by atoms with Gasteiger partial charge in [0.2, 0.25) is 0 Å². The number of hydrogen-bond acceptors (Lipinski definition) is 2. The smallest absolute Gasteiger partial charge is 0.122 e. The van der Waals surface area contributed by atoms with Gasteiger partial charge in [-0.2, -0.15) is 0 Å². The van der Waals surface area contributed by atoms with Crippen molar-refractivity contribution in [1.82, 2.24) is 0 Å². The Labute approximate surface area is 103 Å². The molecule has 1 aromatic rings. The van der Waals surface area contributed by atoms with Crippen LogP contribution in [0.25, 0.3) is 0 Å². The maximum absolute atomic E-state index is 6.51. The zero-order valence-corrected chi connectivity index (χ0v) is 10.3. The highest BCUT2D eigenvalue weighted by atomic mass is 16.5. The zero-order valence-electron chi connectivity index (χ0n) is 10.3. The summed E-state index contributed by atoms with van der Waals surface area (Å²) in [6, 6.07) is 8.45. The lowest BCUT2D eigenvalue weighted by Gasteiger charge is -2.33. The highest BCUT2D eigenvalue weighted by Crippen LogP contribution is 2.41. The minimum atomic E-state index is 0.0924. The van der Waals surface area contributed by atoms with Gasteiger partial charge in [-0.05, 0) is 43.2 Å². The molecule has 3 rings (SSSR count). The van der Waals surface area contributed by atoms with Gasteiger partial charge in [0.15, 0.2) is 0 Å². The molecule has 2 aliphatic rings. The lowest BCUT2D eigenvalue weighted by molar-refractivity contribution is 0.243. The first-order chi connectivity index (χ1) is 8.27. The lowest BCUT2D eigenvalue weighted by atomic mass is 9.80. The third-order valence-corrected chi connectivity index (χ3v) is 4.33. The van der Waals surface area contributed by atoms with Gasteiger partial charge in [0.25, 0.3) is 0 Å². The monoisotopic (exact) mass is 231 g/mol. The van der Waals surface area contributed by atoms with E-state index in [1.165, 1.54) is 31.2 Å². The molecule has 2 N–H and O–H groups in total. The molecule has 1 unspecified atom stereocenters. The third-order valence-electron chi connectivity index (χ3n) is 4.33. The minimum Gasteiger partial charge on any atom is -0.493 e. The molecule has 1 aliphatic carbocycles. The molecule has 1 atom stereocenters. The highest BCUT2D eigenvalue weighted by Gasteiger charge is 2.34. The van der Waals surface area contributed by atoms with E-state index >= 15 is 0 Å². The topological polar surface area (TPSA) is 35.2 Å². The Bertz CT molecular complexity index is 396. The average molecular weight is 231 g/mol. The van der Waals surface area contributed by atoms with Crippen molar-refractivity contribution in [2.45, 2.75) is 50.0 Å². The third kappa shape index (κ3) is 2.19. The summed E-state index contributed by atoms with van der Waals surface area (Å²) in [5.41, 5.74) is 7.97. The van der Waals surface area contributed by atoms with Crippen molar-refractivity contribution in [1.29, 1.82) is 0 Å². The van der Waals surface area contributed by atoms with Crippen molar-refractivity contribution >= 4 is 0 Å². The van der Waals surface area contributed by atoms with Crippen molar-refractivity contribution in [3.63, 3.8) is 0 Å². The van der Waals surface area contributed by atoms with Gasteiger partial charge in [-0.3, -0.25) is 0 Å². The Morgan fingerprint density at radius 3 is 2.82 bits per heavy atom. The number of benzene rings is 1. The molecule has 1 fully saturated rings. The largest absolute Gasteiger partial charge is 0.493 e. The van der Waals surface area contributed by atoms with E-state index in [1.54, 1.807) is 0 Å². The molecule has 0 amide bonds. The first-order valence-electron chi connectivity index (χ1n) is 6.77. The number of hydrogen-bond donors (Lipinski definition) is 1. The number of rotatable bonds is 2. The van der Waals surface area contributed by atoms with Crippen LogP contribution in [0.5, 0.6) is 5.75 Å². The summed E-state index contributed by atoms with van der Waals surface area (Å²) in [5.74, 6) is 1.67. The van der Waals surface area contributed by atoms with Crippen LogP contribution in [0.1, 0.15) is 50.0 Å². The van der Waals surface area contributed by atoms with Crippen molar-refractivity contribution < 1.29 is 4.74 Å². The maximum atomic E-state index is 6.51. The second-order valence-corrected chi connectivity index (χ2v) is 5.65. The number of para-hydroxylation sites is 1. The van der Waals surface area contributed by atoms with Crippen LogP contribution in [0.4, 0.5) is 0 Å². The fourth-order valence-electron chi connectivity index (χ4n) is 3.40. The molecule has 17 heavy (non-hydrogen) atoms. The van der Waals surface area contributed by atoms with Crippen LogP contribution in [0.15, 0.2) is 24.3 Å². The van der Waals surface area contributed by atoms with Crippen molar-refractivity contribution in [3.8, 4) is 5.75 Å². The average Bonchev–Trinajstić information content (AvgIpc) is 2.76. The van der Waals surface area contributed by atoms with Crippen LogP contribution in [0, 0.1) is 0 Å². The highest BCUT2D eigenvalue weighted by molar-refractivity contribution is 5.38. The quantitative estimate of drug-likeness (QED) is 0.848. The van der Waals surface area contributed by atoms with Crippen LogP contribution in [-0.2, 0) is 0 Å². The van der Waals surface area contributed by atoms with E-state index < -0.39 is 0 Å². The molecule has 0 radical (unpaired) electrons. The fraction of sp³-hybridized carbons (Fsp3) is 0.600. The maximum Gasteiger partial charge on any atom is 0.122 e. The van der Waals surface area contributed by atoms with E-state index in [2.05, 4.69) is 24.3 Å². The zero-order chi connectivity index (χ0) is 11.7. The van der Waals surface area contributed by atoms with E-state index in [9.17, 15) is 0 Å². The predicted molar refractivity (Wildman–Crippen MR) is 69.3 cm³/mol. The Balaban J connectivity index is 1.81. The molecule has 1 aromatic carbocycles. The van der Waals surface area contributed by atoms with E-state index in [1.807, 2.05) is 0 Å². The summed E-state index contributed by atoms with van der Waals surface area (Å²) >= 11 is 0. The van der Waals surface area contributed by atoms with Gasteiger partial charge in [0, 0.05) is 5.54 Å². The molecule has 0 aromatic heterocycles. The van der Waals surface area contributed by atoms with E-state index in [-0.39, 0.29) is 5.54 Å². The summed E-state index contributed by atoms with van der Waals surface area (Å²) in [6.07, 6.45) is 7.27. The Kier molecular flexibility index (Phi) is 2.83. The summed E-state index contributed by atoms with van der Waals surface area (Å²) in [7, 11) is 0. The molecule has 1 aliphatic heterocycles. The molecular weight excluding hydrogens is 210 g/mol. The number of nitrogens with two attached hydrogens (primary N) is 1. The van der Waals surface area contributed by atoms with Gasteiger partial charge in [0.1, 0.15) is 5.75 Å². The Morgan fingerprint density at radius 1 is 1.24 bits per heavy atom. The van der Waals surface area contributed by atoms with Crippen LogP contribution in [0.2, 0.25) is 0 Å². The van der Waals surface area contributed by atoms with Crippen LogP contribution in [0.3, 0.4) is 0 Å². The van der Waals surface area contributed by atoms with Gasteiger partial charge in [-0.1, -0.05) is 31.0 Å². The Hall–Kier alpha value is -1.02. The molecule has 0 spiro atoms. The van der Waals surface area contributed by atoms with Gasteiger partial charge in [-0.15, -0.1) is 0 Å². The molecule has 1 saturated carbocycles. The molecule has 2 heteroatoms. The number of fused-ring (bicyclic) bond motifs is 1. The molecule has 0 bridgehead atoms. The van der Waals surface area contributed by atoms with Crippen LogP contribution >= 0.6 is 0 Å². The van der Waals surface area contributed by atoms with Gasteiger partial charge >= 0.3 is 0 Å². The van der Waals surface area contributed by atoms with Gasteiger partial charge in [0.05, 0.1) is 6.61 Å². The Morgan fingerprint density at radius 2 is 2.00 bits per heavy atom. The van der Waals surface area contributed by atoms with E-state index in [0.717, 1.165) is 25.2 Å². The molecule has 0 saturated heterocycles. The molecule has 92 valence electrons. The molecule has 1 heterocycles. The summed E-state index contributed by atoms with van der Waals surface area (Å²) in [5, 5.41) is 0. The minimum absolute atomic E-state index is 0.0924. The summed E-state index contributed by atoms with van der Waals surface area (Å²) in [4.78, 5) is 0. The van der Waals surface area contributed by atoms with E-state index in [4.69, 9.17) is 10.5 Å². The second-order valence-electron chi connectivity index (χ2n) is 5.65. The van der Waals surface area contributed by atoms with Gasteiger partial charge in [-0.25, -0.2) is 0 Å².